The van der Waals surface area contributed by atoms with Gasteiger partial charge in [-0.1, -0.05) is 49.4 Å². The molecule has 0 unspecified atom stereocenters. The number of nitrogens with one attached hydrogen (secondary N) is 2. The van der Waals surface area contributed by atoms with Gasteiger partial charge in [-0.3, -0.25) is 4.79 Å². The minimum Gasteiger partial charge on any atom is -0.352 e. The standard InChI is InChI=1S/C20H24N2O.ClH/c1-2-15-3-5-16(6-4-15)8-10-20(23)22-12-17-7-9-18-13-21-14-19(18)11-17;/h3-7,9,11,21H,2,8,10,12-14H2,1H3,(H,22,23);1H. The molecule has 24 heavy (non-hydrogen) atoms. The highest BCUT2D eigenvalue weighted by molar-refractivity contribution is 5.85. The molecular formula is C20H25ClN2O. The maximum absolute atomic E-state index is 12.0. The van der Waals surface area contributed by atoms with E-state index in [1.165, 1.54) is 27.8 Å². The number of carbonyl (C=O) groups is 1. The number of rotatable bonds is 6. The van der Waals surface area contributed by atoms with Gasteiger partial charge in [-0.05, 0) is 40.7 Å². The van der Waals surface area contributed by atoms with Crippen molar-refractivity contribution in [2.24, 2.45) is 0 Å². The monoisotopic (exact) mass is 344 g/mol. The van der Waals surface area contributed by atoms with E-state index < -0.39 is 0 Å². The zero-order valence-corrected chi connectivity index (χ0v) is 14.9. The Morgan fingerprint density at radius 3 is 2.42 bits per heavy atom. The first kappa shape index (κ1) is 18.5. The minimum atomic E-state index is 0. The van der Waals surface area contributed by atoms with Crippen LogP contribution in [0, 0.1) is 0 Å². The van der Waals surface area contributed by atoms with E-state index in [9.17, 15) is 4.79 Å². The van der Waals surface area contributed by atoms with Gasteiger partial charge in [0.25, 0.3) is 0 Å². The van der Waals surface area contributed by atoms with Gasteiger partial charge in [0.15, 0.2) is 0 Å². The second-order valence-corrected chi connectivity index (χ2v) is 6.15. The fraction of sp³-hybridized carbons (Fsp3) is 0.350. The first-order chi connectivity index (χ1) is 11.2. The van der Waals surface area contributed by atoms with Crippen LogP contribution in [0.4, 0.5) is 0 Å². The van der Waals surface area contributed by atoms with Crippen molar-refractivity contribution in [2.75, 3.05) is 0 Å². The summed E-state index contributed by atoms with van der Waals surface area (Å²) < 4.78 is 0. The molecule has 2 aromatic carbocycles. The predicted molar refractivity (Wildman–Crippen MR) is 100 cm³/mol. The molecule has 0 radical (unpaired) electrons. The molecule has 2 aromatic rings. The van der Waals surface area contributed by atoms with Crippen LogP contribution in [0.15, 0.2) is 42.5 Å². The van der Waals surface area contributed by atoms with Gasteiger partial charge >= 0.3 is 0 Å². The average Bonchev–Trinajstić information content (AvgIpc) is 3.06. The summed E-state index contributed by atoms with van der Waals surface area (Å²) in [5.41, 5.74) is 6.46. The molecule has 0 aromatic heterocycles. The second-order valence-electron chi connectivity index (χ2n) is 6.15. The highest BCUT2D eigenvalue weighted by atomic mass is 35.5. The van der Waals surface area contributed by atoms with E-state index in [0.29, 0.717) is 13.0 Å². The number of carbonyl (C=O) groups excluding carboxylic acids is 1. The molecular weight excluding hydrogens is 320 g/mol. The van der Waals surface area contributed by atoms with Crippen LogP contribution in [0.5, 0.6) is 0 Å². The molecule has 0 aliphatic carbocycles. The SMILES string of the molecule is CCc1ccc(CCC(=O)NCc2ccc3c(c2)CNC3)cc1.Cl. The smallest absolute Gasteiger partial charge is 0.220 e. The maximum Gasteiger partial charge on any atom is 0.220 e. The fourth-order valence-corrected chi connectivity index (χ4v) is 2.95. The highest BCUT2D eigenvalue weighted by Crippen LogP contribution is 2.17. The second kappa shape index (κ2) is 8.86. The third-order valence-corrected chi connectivity index (χ3v) is 4.46. The number of fused-ring (bicyclic) bond motifs is 1. The Labute approximate surface area is 150 Å². The molecule has 0 saturated carbocycles. The molecule has 0 atom stereocenters. The van der Waals surface area contributed by atoms with Gasteiger partial charge in [-0.25, -0.2) is 0 Å². The van der Waals surface area contributed by atoms with E-state index in [2.05, 4.69) is 60.0 Å². The molecule has 2 N–H and O–H groups in total. The van der Waals surface area contributed by atoms with Gasteiger partial charge in [0.05, 0.1) is 0 Å². The van der Waals surface area contributed by atoms with Crippen molar-refractivity contribution in [1.82, 2.24) is 10.6 Å². The molecule has 1 aliphatic heterocycles. The number of benzene rings is 2. The van der Waals surface area contributed by atoms with E-state index in [0.717, 1.165) is 25.9 Å². The normalized spacial score (nSPS) is 12.4. The number of hydrogen-bond donors (Lipinski definition) is 2. The summed E-state index contributed by atoms with van der Waals surface area (Å²) in [5.74, 6) is 0.114. The largest absolute Gasteiger partial charge is 0.352 e. The summed E-state index contributed by atoms with van der Waals surface area (Å²) >= 11 is 0. The van der Waals surface area contributed by atoms with Crippen LogP contribution in [-0.4, -0.2) is 5.91 Å². The Morgan fingerprint density at radius 1 is 1.00 bits per heavy atom. The first-order valence-electron chi connectivity index (χ1n) is 8.40. The van der Waals surface area contributed by atoms with Gasteiger partial charge in [-0.2, -0.15) is 0 Å². The van der Waals surface area contributed by atoms with Gasteiger partial charge < -0.3 is 10.6 Å². The van der Waals surface area contributed by atoms with Crippen molar-refractivity contribution >= 4 is 18.3 Å². The molecule has 128 valence electrons. The van der Waals surface area contributed by atoms with Crippen molar-refractivity contribution in [3.8, 4) is 0 Å². The van der Waals surface area contributed by atoms with E-state index in [1.54, 1.807) is 0 Å². The third-order valence-electron chi connectivity index (χ3n) is 4.46. The van der Waals surface area contributed by atoms with Crippen molar-refractivity contribution in [3.05, 3.63) is 70.3 Å². The van der Waals surface area contributed by atoms with Crippen LogP contribution in [0.3, 0.4) is 0 Å². The van der Waals surface area contributed by atoms with Crippen molar-refractivity contribution in [1.29, 1.82) is 0 Å². The topological polar surface area (TPSA) is 41.1 Å². The number of halogens is 1. The lowest BCUT2D eigenvalue weighted by Gasteiger charge is -2.07. The number of amides is 1. The van der Waals surface area contributed by atoms with Crippen LogP contribution in [0.1, 0.15) is 41.2 Å². The average molecular weight is 345 g/mol. The lowest BCUT2D eigenvalue weighted by Crippen LogP contribution is -2.23. The molecule has 3 nitrogen and oxygen atoms in total. The quantitative estimate of drug-likeness (QED) is 0.841. The predicted octanol–water partition coefficient (Wildman–Crippen LogP) is 3.52. The van der Waals surface area contributed by atoms with Crippen LogP contribution in [0.25, 0.3) is 0 Å². The molecule has 1 heterocycles. The van der Waals surface area contributed by atoms with Gasteiger partial charge in [0.2, 0.25) is 5.91 Å². The molecule has 1 aliphatic rings. The summed E-state index contributed by atoms with van der Waals surface area (Å²) in [6.45, 7) is 4.65. The van der Waals surface area contributed by atoms with Gasteiger partial charge in [-0.15, -0.1) is 12.4 Å². The Kier molecular flexibility index (Phi) is 6.83. The summed E-state index contributed by atoms with van der Waals surface area (Å²) in [4.78, 5) is 12.0. The molecule has 4 heteroatoms. The Morgan fingerprint density at radius 2 is 1.67 bits per heavy atom. The molecule has 0 fully saturated rings. The van der Waals surface area contributed by atoms with Crippen LogP contribution >= 0.6 is 12.4 Å². The lowest BCUT2D eigenvalue weighted by atomic mass is 10.1. The lowest BCUT2D eigenvalue weighted by molar-refractivity contribution is -0.121. The minimum absolute atomic E-state index is 0. The Hall–Kier alpha value is -1.84. The Bertz CT molecular complexity index is 683. The Balaban J connectivity index is 0.00000208. The van der Waals surface area contributed by atoms with Crippen LogP contribution in [-0.2, 0) is 37.3 Å². The zero-order chi connectivity index (χ0) is 16.1. The zero-order valence-electron chi connectivity index (χ0n) is 14.1. The van der Waals surface area contributed by atoms with E-state index in [4.69, 9.17) is 0 Å². The van der Waals surface area contributed by atoms with Crippen molar-refractivity contribution in [3.63, 3.8) is 0 Å². The van der Waals surface area contributed by atoms with Gasteiger partial charge in [0, 0.05) is 26.1 Å². The van der Waals surface area contributed by atoms with Crippen LogP contribution in [0.2, 0.25) is 0 Å². The molecule has 3 rings (SSSR count). The number of aryl methyl sites for hydroxylation is 2. The van der Waals surface area contributed by atoms with Crippen molar-refractivity contribution < 1.29 is 4.79 Å². The molecule has 0 saturated heterocycles. The van der Waals surface area contributed by atoms with Crippen LogP contribution < -0.4 is 10.6 Å². The summed E-state index contributed by atoms with van der Waals surface area (Å²) in [6.07, 6.45) is 2.39. The van der Waals surface area contributed by atoms with Gasteiger partial charge in [0.1, 0.15) is 0 Å². The van der Waals surface area contributed by atoms with E-state index >= 15 is 0 Å². The molecule has 1 amide bonds. The highest BCUT2D eigenvalue weighted by Gasteiger charge is 2.10. The van der Waals surface area contributed by atoms with Crippen molar-refractivity contribution in [2.45, 2.75) is 45.8 Å². The van der Waals surface area contributed by atoms with E-state index in [-0.39, 0.29) is 18.3 Å². The maximum atomic E-state index is 12.0. The summed E-state index contributed by atoms with van der Waals surface area (Å²) in [7, 11) is 0. The third kappa shape index (κ3) is 4.83. The number of hydrogen-bond acceptors (Lipinski definition) is 2. The summed E-state index contributed by atoms with van der Waals surface area (Å²) in [6, 6.07) is 15.0. The summed E-state index contributed by atoms with van der Waals surface area (Å²) in [5, 5.41) is 6.36. The molecule has 0 bridgehead atoms. The van der Waals surface area contributed by atoms with E-state index in [1.807, 2.05) is 0 Å². The fourth-order valence-electron chi connectivity index (χ4n) is 2.95. The first-order valence-corrected chi connectivity index (χ1v) is 8.40. The molecule has 0 spiro atoms.